The average Bonchev–Trinajstić information content (AvgIpc) is 2.65. The van der Waals surface area contributed by atoms with E-state index in [1.807, 2.05) is 0 Å². The first kappa shape index (κ1) is 13.9. The zero-order valence-corrected chi connectivity index (χ0v) is 9.71. The molecule has 2 heteroatoms. The molecule has 0 spiro atoms. The largest absolute Gasteiger partial charge is 0.397 e. The summed E-state index contributed by atoms with van der Waals surface area (Å²) in [5.41, 5.74) is 0. The Balaban J connectivity index is 0.000000242. The molecular formula is C12H26O2. The first-order valence-electron chi connectivity index (χ1n) is 6.01. The minimum Gasteiger partial charge on any atom is -0.397 e. The molecule has 0 aromatic carbocycles. The summed E-state index contributed by atoms with van der Waals surface area (Å²) in [7, 11) is 0. The first-order chi connectivity index (χ1) is 6.79. The third kappa shape index (κ3) is 5.61. The third-order valence-electron chi connectivity index (χ3n) is 2.97. The quantitative estimate of drug-likeness (QED) is 0.634. The topological polar surface area (TPSA) is 40.5 Å². The van der Waals surface area contributed by atoms with Gasteiger partial charge in [-0.15, -0.1) is 0 Å². The molecule has 2 saturated carbocycles. The molecule has 0 atom stereocenters. The molecule has 0 radical (unpaired) electrons. The summed E-state index contributed by atoms with van der Waals surface area (Å²) < 4.78 is 0. The van der Waals surface area contributed by atoms with E-state index in [9.17, 15) is 0 Å². The summed E-state index contributed by atoms with van der Waals surface area (Å²) in [6.45, 7) is 3.86. The fourth-order valence-electron chi connectivity index (χ4n) is 2.52. The van der Waals surface area contributed by atoms with Gasteiger partial charge in [0.25, 0.3) is 0 Å². The molecule has 2 aliphatic carbocycles. The Morgan fingerprint density at radius 1 is 0.786 bits per heavy atom. The van der Waals surface area contributed by atoms with E-state index in [2.05, 4.69) is 0 Å². The van der Waals surface area contributed by atoms with Crippen molar-refractivity contribution in [2.24, 2.45) is 11.8 Å². The highest BCUT2D eigenvalue weighted by atomic mass is 16.3. The van der Waals surface area contributed by atoms with Crippen LogP contribution in [0.5, 0.6) is 0 Å². The van der Waals surface area contributed by atoms with Crippen LogP contribution in [0.4, 0.5) is 0 Å². The van der Waals surface area contributed by atoms with Gasteiger partial charge >= 0.3 is 0 Å². The van der Waals surface area contributed by atoms with Crippen molar-refractivity contribution in [2.75, 3.05) is 13.2 Å². The van der Waals surface area contributed by atoms with Crippen LogP contribution in [0.15, 0.2) is 0 Å². The van der Waals surface area contributed by atoms with Crippen LogP contribution in [-0.2, 0) is 0 Å². The Hall–Kier alpha value is -0.0800. The molecular weight excluding hydrogens is 176 g/mol. The maximum atomic E-state index is 7.57. The minimum absolute atomic E-state index is 0.250. The molecule has 2 N–H and O–H groups in total. The van der Waals surface area contributed by atoms with E-state index in [1.165, 1.54) is 24.7 Å². The van der Waals surface area contributed by atoms with Gasteiger partial charge < -0.3 is 10.2 Å². The summed E-state index contributed by atoms with van der Waals surface area (Å²) in [5.74, 6) is 2.35. The second kappa shape index (κ2) is 9.47. The van der Waals surface area contributed by atoms with Gasteiger partial charge in [0.05, 0.1) is 0 Å². The number of fused-ring (bicyclic) bond motifs is 1. The first-order valence-corrected chi connectivity index (χ1v) is 6.01. The van der Waals surface area contributed by atoms with Crippen LogP contribution < -0.4 is 0 Å². The smallest absolute Gasteiger partial charge is 0.0402 e. The number of aliphatic hydroxyl groups excluding tert-OH is 2. The minimum atomic E-state index is 0.250. The Morgan fingerprint density at radius 3 is 1.21 bits per heavy atom. The average molecular weight is 202 g/mol. The fourth-order valence-corrected chi connectivity index (χ4v) is 2.52. The van der Waals surface area contributed by atoms with Crippen LogP contribution in [0, 0.1) is 11.8 Å². The van der Waals surface area contributed by atoms with Gasteiger partial charge in [-0.3, -0.25) is 0 Å². The van der Waals surface area contributed by atoms with E-state index in [4.69, 9.17) is 10.2 Å². The Kier molecular flexibility index (Phi) is 9.42. The highest BCUT2D eigenvalue weighted by Crippen LogP contribution is 2.43. The van der Waals surface area contributed by atoms with Crippen molar-refractivity contribution in [3.8, 4) is 0 Å². The van der Waals surface area contributed by atoms with Crippen molar-refractivity contribution in [3.63, 3.8) is 0 Å². The van der Waals surface area contributed by atoms with Gasteiger partial charge in [-0.2, -0.15) is 0 Å². The summed E-state index contributed by atoms with van der Waals surface area (Å²) in [5, 5.41) is 15.1. The second-order valence-electron chi connectivity index (χ2n) is 4.01. The highest BCUT2D eigenvalue weighted by molar-refractivity contribution is 4.82. The van der Waals surface area contributed by atoms with Gasteiger partial charge in [0, 0.05) is 13.2 Å². The lowest BCUT2D eigenvalue weighted by atomic mass is 10.0. The normalized spacial score (nSPS) is 28.3. The second-order valence-corrected chi connectivity index (χ2v) is 4.01. The van der Waals surface area contributed by atoms with Crippen LogP contribution in [0.2, 0.25) is 0 Å². The molecule has 2 aliphatic rings. The molecule has 0 saturated heterocycles. The molecule has 0 bridgehead atoms. The van der Waals surface area contributed by atoms with Crippen molar-refractivity contribution in [1.29, 1.82) is 0 Å². The monoisotopic (exact) mass is 202 g/mol. The Morgan fingerprint density at radius 2 is 1.00 bits per heavy atom. The van der Waals surface area contributed by atoms with Crippen LogP contribution in [-0.4, -0.2) is 23.4 Å². The zero-order valence-electron chi connectivity index (χ0n) is 9.71. The summed E-state index contributed by atoms with van der Waals surface area (Å²) in [6, 6.07) is 0. The lowest BCUT2D eigenvalue weighted by Gasteiger charge is -2.04. The van der Waals surface area contributed by atoms with Crippen molar-refractivity contribution in [3.05, 3.63) is 0 Å². The molecule has 14 heavy (non-hydrogen) atoms. The lowest BCUT2D eigenvalue weighted by molar-refractivity contribution is 0.318. The maximum Gasteiger partial charge on any atom is 0.0402 e. The van der Waals surface area contributed by atoms with E-state index in [1.54, 1.807) is 39.5 Å². The third-order valence-corrected chi connectivity index (χ3v) is 2.97. The number of aliphatic hydroxyl groups is 2. The molecule has 2 rings (SSSR count). The zero-order chi connectivity index (χ0) is 10.8. The van der Waals surface area contributed by atoms with Gasteiger partial charge in [-0.1, -0.05) is 38.5 Å². The van der Waals surface area contributed by atoms with Crippen LogP contribution in [0.3, 0.4) is 0 Å². The molecule has 2 nitrogen and oxygen atoms in total. The number of hydrogen-bond donors (Lipinski definition) is 2. The van der Waals surface area contributed by atoms with E-state index < -0.39 is 0 Å². The van der Waals surface area contributed by atoms with E-state index in [0.29, 0.717) is 0 Å². The van der Waals surface area contributed by atoms with Crippen molar-refractivity contribution in [2.45, 2.75) is 52.4 Å². The van der Waals surface area contributed by atoms with Gasteiger partial charge in [0.15, 0.2) is 0 Å². The van der Waals surface area contributed by atoms with Gasteiger partial charge in [0.1, 0.15) is 0 Å². The molecule has 0 aliphatic heterocycles. The van der Waals surface area contributed by atoms with Crippen LogP contribution in [0.1, 0.15) is 52.4 Å². The Labute approximate surface area is 88.3 Å². The van der Waals surface area contributed by atoms with Crippen molar-refractivity contribution >= 4 is 0 Å². The maximum absolute atomic E-state index is 7.57. The van der Waals surface area contributed by atoms with E-state index in [-0.39, 0.29) is 13.2 Å². The van der Waals surface area contributed by atoms with Crippen molar-refractivity contribution < 1.29 is 10.2 Å². The highest BCUT2D eigenvalue weighted by Gasteiger charge is 2.30. The number of rotatable bonds is 0. The standard InChI is InChI=1S/C8H14.2C2H6O/c1-3-7-5-2-6-8(7)4-1;2*1-2-3/h7-8H,1-6H2;2*3H,2H2,1H3. The predicted molar refractivity (Wildman–Crippen MR) is 60.2 cm³/mol. The van der Waals surface area contributed by atoms with Crippen LogP contribution in [0.25, 0.3) is 0 Å². The SMILES string of the molecule is C1CC2CCCC2C1.CCO.CCO. The molecule has 86 valence electrons. The summed E-state index contributed by atoms with van der Waals surface area (Å²) >= 11 is 0. The molecule has 0 amide bonds. The van der Waals surface area contributed by atoms with E-state index in [0.717, 1.165) is 0 Å². The molecule has 0 heterocycles. The fraction of sp³-hybridized carbons (Fsp3) is 1.00. The van der Waals surface area contributed by atoms with Crippen molar-refractivity contribution in [1.82, 2.24) is 0 Å². The molecule has 0 unspecified atom stereocenters. The molecule has 0 aromatic rings. The van der Waals surface area contributed by atoms with Crippen LogP contribution >= 0.6 is 0 Å². The van der Waals surface area contributed by atoms with Gasteiger partial charge in [-0.25, -0.2) is 0 Å². The number of hydrogen-bond acceptors (Lipinski definition) is 2. The predicted octanol–water partition coefficient (Wildman–Crippen LogP) is 2.58. The van der Waals surface area contributed by atoms with E-state index >= 15 is 0 Å². The van der Waals surface area contributed by atoms with Gasteiger partial charge in [-0.05, 0) is 25.7 Å². The molecule has 0 aromatic heterocycles. The molecule has 2 fully saturated rings. The lowest BCUT2D eigenvalue weighted by Crippen LogP contribution is -1.95. The summed E-state index contributed by atoms with van der Waals surface area (Å²) in [4.78, 5) is 0. The van der Waals surface area contributed by atoms with Gasteiger partial charge in [0.2, 0.25) is 0 Å². The summed E-state index contributed by atoms with van der Waals surface area (Å²) in [6.07, 6.45) is 9.31. The Bertz CT molecular complexity index is 92.9.